The van der Waals surface area contributed by atoms with Crippen molar-refractivity contribution in [2.45, 2.75) is 219 Å². The Labute approximate surface area is 246 Å². The Balaban J connectivity index is 2.21. The van der Waals surface area contributed by atoms with Crippen LogP contribution in [-0.4, -0.2) is 9.55 Å². The molecule has 0 aromatic carbocycles. The third kappa shape index (κ3) is 19.8. The molecule has 0 aliphatic carbocycles. The van der Waals surface area contributed by atoms with Crippen molar-refractivity contribution in [2.75, 3.05) is 0 Å². The van der Waals surface area contributed by atoms with Gasteiger partial charge in [-0.1, -0.05) is 181 Å². The number of aromatic nitrogens is 2. The Bertz CT molecular complexity index is 606. The maximum atomic E-state index is 4.94. The van der Waals surface area contributed by atoms with E-state index in [0.717, 1.165) is 0 Å². The lowest BCUT2D eigenvalue weighted by atomic mass is 9.93. The average Bonchev–Trinajstić information content (AvgIpc) is 3.43. The number of nitrogens with zero attached hydrogens (tertiary/aromatic N) is 2. The molecule has 39 heavy (non-hydrogen) atoms. The zero-order valence-electron chi connectivity index (χ0n) is 27.5. The van der Waals surface area contributed by atoms with Crippen molar-refractivity contribution in [3.8, 4) is 0 Å². The van der Waals surface area contributed by atoms with Crippen LogP contribution in [0.2, 0.25) is 0 Å². The van der Waals surface area contributed by atoms with Crippen LogP contribution in [0, 0.1) is 0 Å². The molecule has 0 spiro atoms. The van der Waals surface area contributed by atoms with Crippen molar-refractivity contribution < 1.29 is 0 Å². The number of imidazole rings is 1. The first-order valence-corrected chi connectivity index (χ1v) is 18.3. The first kappa shape index (κ1) is 36.2. The van der Waals surface area contributed by atoms with Gasteiger partial charge in [-0.2, -0.15) is 0 Å². The van der Waals surface area contributed by atoms with Crippen LogP contribution in [0.4, 0.5) is 0 Å². The fourth-order valence-corrected chi connectivity index (χ4v) is 6.35. The third-order valence-electron chi connectivity index (χ3n) is 9.08. The van der Waals surface area contributed by atoms with Crippen LogP contribution in [0.15, 0.2) is 12.4 Å². The average molecular weight is 545 g/mol. The quantitative estimate of drug-likeness (QED) is 0.0880. The number of hydrogen-bond donors (Lipinski definition) is 0. The molecule has 2 unspecified atom stereocenters. The van der Waals surface area contributed by atoms with Gasteiger partial charge in [0.1, 0.15) is 5.82 Å². The predicted octanol–water partition coefficient (Wildman–Crippen LogP) is 13.5. The van der Waals surface area contributed by atoms with Gasteiger partial charge < -0.3 is 4.57 Å². The molecular weight excluding hydrogens is 472 g/mol. The Morgan fingerprint density at radius 1 is 0.487 bits per heavy atom. The Hall–Kier alpha value is -0.790. The molecule has 0 saturated heterocycles. The molecule has 0 aliphatic heterocycles. The Kier molecular flexibility index (Phi) is 25.4. The van der Waals surface area contributed by atoms with E-state index in [4.69, 9.17) is 4.98 Å². The molecule has 0 fully saturated rings. The van der Waals surface area contributed by atoms with Crippen molar-refractivity contribution in [3.05, 3.63) is 18.2 Å². The SMILES string of the molecule is CCCCCCCCCCCCCCCCCCC(CCCCC)c1nccn1C(C)CCCCCCCC. The van der Waals surface area contributed by atoms with Gasteiger partial charge in [-0.05, 0) is 26.2 Å². The summed E-state index contributed by atoms with van der Waals surface area (Å²) in [6.07, 6.45) is 43.8. The highest BCUT2D eigenvalue weighted by atomic mass is 15.1. The zero-order valence-corrected chi connectivity index (χ0v) is 27.5. The Morgan fingerprint density at radius 2 is 0.821 bits per heavy atom. The van der Waals surface area contributed by atoms with E-state index in [-0.39, 0.29) is 0 Å². The van der Waals surface area contributed by atoms with E-state index in [1.807, 2.05) is 0 Å². The summed E-state index contributed by atoms with van der Waals surface area (Å²) in [5.41, 5.74) is 0. The van der Waals surface area contributed by atoms with Gasteiger partial charge >= 0.3 is 0 Å². The van der Waals surface area contributed by atoms with E-state index in [9.17, 15) is 0 Å². The fraction of sp³-hybridized carbons (Fsp3) is 0.919. The van der Waals surface area contributed by atoms with E-state index >= 15 is 0 Å². The highest BCUT2D eigenvalue weighted by Gasteiger charge is 2.19. The first-order chi connectivity index (χ1) is 19.2. The van der Waals surface area contributed by atoms with Crippen LogP contribution < -0.4 is 0 Å². The molecule has 1 aromatic rings. The van der Waals surface area contributed by atoms with Gasteiger partial charge in [0.25, 0.3) is 0 Å². The van der Waals surface area contributed by atoms with Crippen molar-refractivity contribution in [1.29, 1.82) is 0 Å². The maximum absolute atomic E-state index is 4.94. The molecule has 0 N–H and O–H groups in total. The molecule has 0 bridgehead atoms. The predicted molar refractivity (Wildman–Crippen MR) is 176 cm³/mol. The maximum Gasteiger partial charge on any atom is 0.111 e. The lowest BCUT2D eigenvalue weighted by Crippen LogP contribution is -2.13. The lowest BCUT2D eigenvalue weighted by Gasteiger charge is -2.22. The minimum atomic E-state index is 0.591. The molecule has 230 valence electrons. The molecule has 2 nitrogen and oxygen atoms in total. The third-order valence-corrected chi connectivity index (χ3v) is 9.08. The van der Waals surface area contributed by atoms with E-state index in [1.54, 1.807) is 0 Å². The van der Waals surface area contributed by atoms with Crippen molar-refractivity contribution >= 4 is 0 Å². The van der Waals surface area contributed by atoms with Crippen molar-refractivity contribution in [3.63, 3.8) is 0 Å². The summed E-state index contributed by atoms with van der Waals surface area (Å²) in [5.74, 6) is 2.05. The molecule has 2 atom stereocenters. The van der Waals surface area contributed by atoms with E-state index in [2.05, 4.69) is 44.7 Å². The molecule has 0 amide bonds. The van der Waals surface area contributed by atoms with Gasteiger partial charge in [0.05, 0.1) is 0 Å². The summed E-state index contributed by atoms with van der Waals surface area (Å²) in [4.78, 5) is 4.94. The van der Waals surface area contributed by atoms with Crippen LogP contribution in [0.1, 0.15) is 225 Å². The Morgan fingerprint density at radius 3 is 1.26 bits per heavy atom. The summed E-state index contributed by atoms with van der Waals surface area (Å²) >= 11 is 0. The second-order valence-electron chi connectivity index (χ2n) is 12.9. The van der Waals surface area contributed by atoms with Crippen LogP contribution in [0.25, 0.3) is 0 Å². The first-order valence-electron chi connectivity index (χ1n) is 18.3. The largest absolute Gasteiger partial charge is 0.332 e. The highest BCUT2D eigenvalue weighted by Crippen LogP contribution is 2.30. The standard InChI is InChI=1S/C37H72N2/c1-5-8-11-13-15-16-17-18-19-20-21-22-23-24-26-29-32-36(31-27-10-7-3)37-38-33-34-39(37)35(4)30-28-25-14-12-9-6-2/h33-36H,5-32H2,1-4H3. The number of hydrogen-bond acceptors (Lipinski definition) is 1. The molecular formula is C37H72N2. The van der Waals surface area contributed by atoms with Crippen molar-refractivity contribution in [1.82, 2.24) is 9.55 Å². The molecule has 0 aliphatic rings. The molecule has 1 aromatic heterocycles. The second-order valence-corrected chi connectivity index (χ2v) is 12.9. The summed E-state index contributed by atoms with van der Waals surface area (Å²) in [6.45, 7) is 9.37. The molecule has 0 radical (unpaired) electrons. The monoisotopic (exact) mass is 545 g/mol. The number of unbranched alkanes of at least 4 members (excludes halogenated alkanes) is 22. The van der Waals surface area contributed by atoms with Crippen LogP contribution in [0.3, 0.4) is 0 Å². The fourth-order valence-electron chi connectivity index (χ4n) is 6.35. The van der Waals surface area contributed by atoms with E-state index in [1.165, 1.54) is 186 Å². The normalized spacial score (nSPS) is 13.2. The van der Waals surface area contributed by atoms with Gasteiger partial charge in [-0.25, -0.2) is 4.98 Å². The van der Waals surface area contributed by atoms with E-state index < -0.39 is 0 Å². The zero-order chi connectivity index (χ0) is 28.2. The second kappa shape index (κ2) is 27.4. The summed E-state index contributed by atoms with van der Waals surface area (Å²) in [5, 5.41) is 0. The van der Waals surface area contributed by atoms with Gasteiger partial charge in [0, 0.05) is 24.4 Å². The summed E-state index contributed by atoms with van der Waals surface area (Å²) < 4.78 is 2.55. The molecule has 1 heterocycles. The van der Waals surface area contributed by atoms with Crippen LogP contribution in [-0.2, 0) is 0 Å². The van der Waals surface area contributed by atoms with Crippen LogP contribution >= 0.6 is 0 Å². The smallest absolute Gasteiger partial charge is 0.111 e. The van der Waals surface area contributed by atoms with Crippen molar-refractivity contribution in [2.24, 2.45) is 0 Å². The molecule has 0 saturated carbocycles. The summed E-state index contributed by atoms with van der Waals surface area (Å²) in [7, 11) is 0. The van der Waals surface area contributed by atoms with Gasteiger partial charge in [-0.15, -0.1) is 0 Å². The summed E-state index contributed by atoms with van der Waals surface area (Å²) in [6, 6.07) is 0.591. The molecule has 1 rings (SSSR count). The van der Waals surface area contributed by atoms with Crippen LogP contribution in [0.5, 0.6) is 0 Å². The highest BCUT2D eigenvalue weighted by molar-refractivity contribution is 5.02. The van der Waals surface area contributed by atoms with Gasteiger partial charge in [0.2, 0.25) is 0 Å². The van der Waals surface area contributed by atoms with Gasteiger partial charge in [0.15, 0.2) is 0 Å². The minimum Gasteiger partial charge on any atom is -0.332 e. The topological polar surface area (TPSA) is 17.8 Å². The molecule has 2 heteroatoms. The van der Waals surface area contributed by atoms with E-state index in [0.29, 0.717) is 12.0 Å². The number of rotatable bonds is 30. The lowest BCUT2D eigenvalue weighted by molar-refractivity contribution is 0.414. The van der Waals surface area contributed by atoms with Gasteiger partial charge in [-0.3, -0.25) is 0 Å². The minimum absolute atomic E-state index is 0.591.